The predicted octanol–water partition coefficient (Wildman–Crippen LogP) is 6.23. The second kappa shape index (κ2) is 10.6. The van der Waals surface area contributed by atoms with Crippen LogP contribution >= 0.6 is 0 Å². The Kier molecular flexibility index (Phi) is 9.21. The first-order valence-electron chi connectivity index (χ1n) is 10.4. The standard InChI is InChI=1S/C24H38O3/c1-19(25)23(2,3)17-12-10-16-21-15-9-8-14-20(21)13-7-6-11-18-24(4,5)22(26)27/h8-9,14-15H,6-7,10-13,16-18H2,1-5H3,(H,26,27). The molecule has 1 N–H and O–H groups in total. The Labute approximate surface area is 165 Å². The number of carbonyl (C=O) groups excluding carboxylic acids is 1. The highest BCUT2D eigenvalue weighted by Gasteiger charge is 2.26. The van der Waals surface area contributed by atoms with Crippen LogP contribution in [0.5, 0.6) is 0 Å². The summed E-state index contributed by atoms with van der Waals surface area (Å²) >= 11 is 0. The molecule has 0 fully saturated rings. The Balaban J connectivity index is 2.39. The average molecular weight is 375 g/mol. The number of rotatable bonds is 13. The van der Waals surface area contributed by atoms with Gasteiger partial charge in [-0.15, -0.1) is 0 Å². The number of aliphatic carboxylic acids is 1. The third-order valence-corrected chi connectivity index (χ3v) is 5.90. The van der Waals surface area contributed by atoms with Crippen LogP contribution < -0.4 is 0 Å². The molecule has 0 saturated carbocycles. The maximum absolute atomic E-state index is 11.6. The minimum absolute atomic E-state index is 0.205. The summed E-state index contributed by atoms with van der Waals surface area (Å²) in [5.41, 5.74) is 2.01. The van der Waals surface area contributed by atoms with Crippen molar-refractivity contribution in [2.45, 2.75) is 92.4 Å². The number of hydrogen-bond donors (Lipinski definition) is 1. The van der Waals surface area contributed by atoms with Crippen LogP contribution in [0.2, 0.25) is 0 Å². The van der Waals surface area contributed by atoms with Gasteiger partial charge in [0.25, 0.3) is 0 Å². The van der Waals surface area contributed by atoms with E-state index in [2.05, 4.69) is 24.3 Å². The zero-order valence-electron chi connectivity index (χ0n) is 17.9. The van der Waals surface area contributed by atoms with Gasteiger partial charge in [0.05, 0.1) is 5.41 Å². The highest BCUT2D eigenvalue weighted by atomic mass is 16.4. The number of unbranched alkanes of at least 4 members (excludes halogenated alkanes) is 3. The number of ketones is 1. The summed E-state index contributed by atoms with van der Waals surface area (Å²) in [7, 11) is 0. The van der Waals surface area contributed by atoms with Crippen LogP contribution in [0.3, 0.4) is 0 Å². The molecule has 0 saturated heterocycles. The number of carbonyl (C=O) groups is 2. The summed E-state index contributed by atoms with van der Waals surface area (Å²) in [6, 6.07) is 8.65. The number of hydrogen-bond acceptors (Lipinski definition) is 2. The third kappa shape index (κ3) is 8.28. The highest BCUT2D eigenvalue weighted by molar-refractivity contribution is 5.81. The topological polar surface area (TPSA) is 54.4 Å². The van der Waals surface area contributed by atoms with Crippen LogP contribution in [0.15, 0.2) is 24.3 Å². The van der Waals surface area contributed by atoms with Crippen molar-refractivity contribution in [3.8, 4) is 0 Å². The molecule has 0 radical (unpaired) electrons. The lowest BCUT2D eigenvalue weighted by Crippen LogP contribution is -2.23. The van der Waals surface area contributed by atoms with E-state index >= 15 is 0 Å². The van der Waals surface area contributed by atoms with E-state index in [0.717, 1.165) is 57.8 Å². The van der Waals surface area contributed by atoms with E-state index in [1.165, 1.54) is 11.1 Å². The molecule has 1 rings (SSSR count). The molecular formula is C24H38O3. The lowest BCUT2D eigenvalue weighted by molar-refractivity contribution is -0.147. The Bertz CT molecular complexity index is 614. The molecule has 27 heavy (non-hydrogen) atoms. The maximum Gasteiger partial charge on any atom is 0.309 e. The summed E-state index contributed by atoms with van der Waals surface area (Å²) < 4.78 is 0. The summed E-state index contributed by atoms with van der Waals surface area (Å²) in [6.45, 7) is 9.37. The van der Waals surface area contributed by atoms with Gasteiger partial charge in [-0.3, -0.25) is 9.59 Å². The molecule has 0 unspecified atom stereocenters. The molecule has 1 aromatic rings. The van der Waals surface area contributed by atoms with E-state index in [4.69, 9.17) is 0 Å². The van der Waals surface area contributed by atoms with Crippen molar-refractivity contribution in [2.24, 2.45) is 10.8 Å². The van der Waals surface area contributed by atoms with Gasteiger partial charge >= 0.3 is 5.97 Å². The molecule has 0 aliphatic heterocycles. The first-order chi connectivity index (χ1) is 12.6. The van der Waals surface area contributed by atoms with Gasteiger partial charge in [-0.05, 0) is 70.4 Å². The second-order valence-electron chi connectivity index (χ2n) is 9.17. The summed E-state index contributed by atoms with van der Waals surface area (Å²) in [4.78, 5) is 22.8. The Morgan fingerprint density at radius 1 is 0.778 bits per heavy atom. The van der Waals surface area contributed by atoms with Gasteiger partial charge in [0.1, 0.15) is 5.78 Å². The average Bonchev–Trinajstić information content (AvgIpc) is 2.59. The van der Waals surface area contributed by atoms with Gasteiger partial charge in [-0.2, -0.15) is 0 Å². The Hall–Kier alpha value is -1.64. The van der Waals surface area contributed by atoms with Gasteiger partial charge in [-0.25, -0.2) is 0 Å². The first-order valence-corrected chi connectivity index (χ1v) is 10.4. The van der Waals surface area contributed by atoms with E-state index in [1.807, 2.05) is 13.8 Å². The van der Waals surface area contributed by atoms with Crippen LogP contribution in [-0.4, -0.2) is 16.9 Å². The molecule has 0 heterocycles. The third-order valence-electron chi connectivity index (χ3n) is 5.90. The Morgan fingerprint density at radius 2 is 1.22 bits per heavy atom. The number of carboxylic acid groups (broad SMARTS) is 1. The smallest absolute Gasteiger partial charge is 0.309 e. The van der Waals surface area contributed by atoms with Gasteiger partial charge in [-0.1, -0.05) is 57.4 Å². The monoisotopic (exact) mass is 374 g/mol. The van der Waals surface area contributed by atoms with Crippen LogP contribution in [0, 0.1) is 10.8 Å². The SMILES string of the molecule is CC(=O)C(C)(C)CCCCc1ccccc1CCCCCC(C)(C)C(=O)O. The fourth-order valence-electron chi connectivity index (χ4n) is 3.27. The molecule has 0 aromatic heterocycles. The van der Waals surface area contributed by atoms with Crippen molar-refractivity contribution < 1.29 is 14.7 Å². The van der Waals surface area contributed by atoms with E-state index in [0.29, 0.717) is 0 Å². The van der Waals surface area contributed by atoms with E-state index in [-0.39, 0.29) is 11.2 Å². The molecule has 3 heteroatoms. The lowest BCUT2D eigenvalue weighted by atomic mass is 9.83. The normalized spacial score (nSPS) is 12.2. The van der Waals surface area contributed by atoms with Gasteiger partial charge < -0.3 is 5.11 Å². The van der Waals surface area contributed by atoms with Gasteiger partial charge in [0.15, 0.2) is 0 Å². The van der Waals surface area contributed by atoms with Crippen LogP contribution in [0.25, 0.3) is 0 Å². The van der Waals surface area contributed by atoms with Crippen molar-refractivity contribution in [3.05, 3.63) is 35.4 Å². The minimum Gasteiger partial charge on any atom is -0.481 e. The van der Waals surface area contributed by atoms with Crippen LogP contribution in [0.1, 0.15) is 90.7 Å². The quantitative estimate of drug-likeness (QED) is 0.416. The maximum atomic E-state index is 11.6. The molecule has 0 aliphatic rings. The number of aryl methyl sites for hydroxylation is 2. The fourth-order valence-corrected chi connectivity index (χ4v) is 3.27. The minimum atomic E-state index is -0.708. The van der Waals surface area contributed by atoms with Crippen molar-refractivity contribution in [3.63, 3.8) is 0 Å². The highest BCUT2D eigenvalue weighted by Crippen LogP contribution is 2.26. The number of Topliss-reactive ketones (excluding diaryl/α,β-unsaturated/α-hetero) is 1. The van der Waals surface area contributed by atoms with Crippen molar-refractivity contribution in [1.82, 2.24) is 0 Å². The fraction of sp³-hybridized carbons (Fsp3) is 0.667. The Morgan fingerprint density at radius 3 is 1.70 bits per heavy atom. The molecule has 152 valence electrons. The molecule has 1 aromatic carbocycles. The molecule has 0 spiro atoms. The molecule has 0 atom stereocenters. The molecular weight excluding hydrogens is 336 g/mol. The number of benzene rings is 1. The molecule has 0 amide bonds. The largest absolute Gasteiger partial charge is 0.481 e. The van der Waals surface area contributed by atoms with E-state index < -0.39 is 11.4 Å². The lowest BCUT2D eigenvalue weighted by Gasteiger charge is -2.20. The van der Waals surface area contributed by atoms with Crippen LogP contribution in [-0.2, 0) is 22.4 Å². The van der Waals surface area contributed by atoms with Gasteiger partial charge in [0, 0.05) is 5.41 Å². The van der Waals surface area contributed by atoms with Crippen molar-refractivity contribution in [1.29, 1.82) is 0 Å². The van der Waals surface area contributed by atoms with Crippen molar-refractivity contribution in [2.75, 3.05) is 0 Å². The van der Waals surface area contributed by atoms with E-state index in [9.17, 15) is 14.7 Å². The first kappa shape index (κ1) is 23.4. The predicted molar refractivity (Wildman–Crippen MR) is 112 cm³/mol. The molecule has 0 aliphatic carbocycles. The summed E-state index contributed by atoms with van der Waals surface area (Å²) in [6.07, 6.45) is 9.12. The van der Waals surface area contributed by atoms with E-state index in [1.54, 1.807) is 20.8 Å². The molecule has 0 bridgehead atoms. The van der Waals surface area contributed by atoms with Crippen LogP contribution in [0.4, 0.5) is 0 Å². The second-order valence-corrected chi connectivity index (χ2v) is 9.17. The van der Waals surface area contributed by atoms with Gasteiger partial charge in [0.2, 0.25) is 0 Å². The number of carboxylic acids is 1. The zero-order valence-corrected chi connectivity index (χ0v) is 17.9. The van der Waals surface area contributed by atoms with Crippen molar-refractivity contribution >= 4 is 11.8 Å². The zero-order chi connectivity index (χ0) is 20.5. The summed E-state index contributed by atoms with van der Waals surface area (Å²) in [5, 5.41) is 9.18. The summed E-state index contributed by atoms with van der Waals surface area (Å²) in [5.74, 6) is -0.435. The molecule has 3 nitrogen and oxygen atoms in total.